The Morgan fingerprint density at radius 2 is 1.60 bits per heavy atom. The van der Waals surface area contributed by atoms with Crippen LogP contribution in [0.3, 0.4) is 0 Å². The molecule has 2 amide bonds. The first-order chi connectivity index (χ1) is 22.9. The monoisotopic (exact) mass is 635 g/mol. The molecular formula is C33H29N7O7. The number of hydrogen-bond donors (Lipinski definition) is 5. The highest BCUT2D eigenvalue weighted by atomic mass is 16.8. The van der Waals surface area contributed by atoms with E-state index in [1.54, 1.807) is 24.3 Å². The van der Waals surface area contributed by atoms with Crippen molar-refractivity contribution in [1.29, 1.82) is 0 Å². The predicted molar refractivity (Wildman–Crippen MR) is 171 cm³/mol. The van der Waals surface area contributed by atoms with Gasteiger partial charge in [-0.15, -0.1) is 0 Å². The molecule has 238 valence electrons. The number of benzene rings is 3. The average molecular weight is 636 g/mol. The maximum Gasteiger partial charge on any atom is 0.341 e. The van der Waals surface area contributed by atoms with Crippen molar-refractivity contribution in [3.63, 3.8) is 0 Å². The van der Waals surface area contributed by atoms with Gasteiger partial charge in [-0.3, -0.25) is 5.32 Å². The third-order valence-corrected chi connectivity index (χ3v) is 7.73. The van der Waals surface area contributed by atoms with Gasteiger partial charge in [-0.05, 0) is 41.1 Å². The highest BCUT2D eigenvalue weighted by Gasteiger charge is 2.53. The van der Waals surface area contributed by atoms with Crippen LogP contribution in [-0.2, 0) is 14.2 Å². The van der Waals surface area contributed by atoms with Gasteiger partial charge in [0.25, 0.3) is 0 Å². The van der Waals surface area contributed by atoms with E-state index < -0.39 is 42.8 Å². The van der Waals surface area contributed by atoms with Crippen LogP contribution in [0.15, 0.2) is 97.5 Å². The van der Waals surface area contributed by atoms with Crippen LogP contribution < -0.4 is 26.4 Å². The van der Waals surface area contributed by atoms with Crippen LogP contribution in [0.2, 0.25) is 0 Å². The molecule has 2 fully saturated rings. The highest BCUT2D eigenvalue weighted by Crippen LogP contribution is 2.41. The lowest BCUT2D eigenvalue weighted by Gasteiger charge is -2.22. The molecule has 4 heterocycles. The van der Waals surface area contributed by atoms with Gasteiger partial charge in [0.05, 0.1) is 0 Å². The molecular weight excluding hydrogens is 606 g/mol. The number of carbonyl (C=O) groups excluding carboxylic acids is 1. The molecule has 5 atom stereocenters. The Morgan fingerprint density at radius 3 is 2.43 bits per heavy atom. The van der Waals surface area contributed by atoms with Gasteiger partial charge < -0.3 is 40.4 Å². The summed E-state index contributed by atoms with van der Waals surface area (Å²) in [7, 11) is 0. The average Bonchev–Trinajstić information content (AvgIpc) is 3.66. The number of carboxylic acid groups (broad SMARTS) is 1. The Hall–Kier alpha value is -5.83. The second-order valence-electron chi connectivity index (χ2n) is 10.8. The number of fused-ring (bicyclic) bond motifs is 2. The minimum Gasteiger partial charge on any atom is -0.477 e. The van der Waals surface area contributed by atoms with E-state index in [2.05, 4.69) is 30.9 Å². The highest BCUT2D eigenvalue weighted by molar-refractivity contribution is 6.01. The number of nitrogen functional groups attached to an aromatic ring is 1. The number of pyridine rings is 1. The largest absolute Gasteiger partial charge is 0.477 e. The second-order valence-corrected chi connectivity index (χ2v) is 10.8. The van der Waals surface area contributed by atoms with E-state index in [-0.39, 0.29) is 35.4 Å². The van der Waals surface area contributed by atoms with Gasteiger partial charge >= 0.3 is 12.0 Å². The van der Waals surface area contributed by atoms with Crippen molar-refractivity contribution in [3.05, 3.63) is 109 Å². The quantitative estimate of drug-likeness (QED) is 0.151. The number of carboxylic acids is 1. The molecule has 0 spiro atoms. The molecule has 7 rings (SSSR count). The molecule has 2 saturated heterocycles. The van der Waals surface area contributed by atoms with Gasteiger partial charge in [-0.2, -0.15) is 0 Å². The Labute approximate surface area is 267 Å². The fourth-order valence-corrected chi connectivity index (χ4v) is 5.49. The molecule has 0 saturated carbocycles. The van der Waals surface area contributed by atoms with Crippen molar-refractivity contribution in [1.82, 2.24) is 15.0 Å². The van der Waals surface area contributed by atoms with Gasteiger partial charge in [-0.1, -0.05) is 54.6 Å². The third-order valence-electron chi connectivity index (χ3n) is 7.73. The summed E-state index contributed by atoms with van der Waals surface area (Å²) in [4.78, 5) is 36.8. The Balaban J connectivity index is 1.11. The van der Waals surface area contributed by atoms with Gasteiger partial charge in [0.15, 0.2) is 24.2 Å². The number of aromatic nitrogens is 3. The molecule has 5 aromatic rings. The number of nitrogens with one attached hydrogen (secondary N) is 3. The lowest BCUT2D eigenvalue weighted by atomic mass is 10.1. The van der Waals surface area contributed by atoms with Crippen LogP contribution in [0.25, 0.3) is 10.8 Å². The molecule has 2 aliphatic heterocycles. The van der Waals surface area contributed by atoms with Crippen molar-refractivity contribution in [2.75, 3.05) is 28.3 Å². The zero-order valence-corrected chi connectivity index (χ0v) is 24.6. The van der Waals surface area contributed by atoms with Crippen LogP contribution in [-0.4, -0.2) is 63.2 Å². The van der Waals surface area contributed by atoms with Crippen molar-refractivity contribution < 1.29 is 33.6 Å². The number of urea groups is 1. The summed E-state index contributed by atoms with van der Waals surface area (Å²) >= 11 is 0. The maximum absolute atomic E-state index is 12.6. The zero-order chi connectivity index (χ0) is 32.3. The summed E-state index contributed by atoms with van der Waals surface area (Å²) in [5.74, 6) is -0.947. The zero-order valence-electron chi connectivity index (χ0n) is 24.6. The summed E-state index contributed by atoms with van der Waals surface area (Å²) in [5, 5.41) is 20.2. The van der Waals surface area contributed by atoms with E-state index >= 15 is 0 Å². The molecule has 6 N–H and O–H groups in total. The number of carbonyl (C=O) groups is 2. The topological polar surface area (TPSA) is 192 Å². The number of nitrogens with two attached hydrogens (primary N) is 1. The number of aromatic carboxylic acids is 1. The first kappa shape index (κ1) is 29.9. The van der Waals surface area contributed by atoms with E-state index in [1.165, 1.54) is 24.7 Å². The normalized spacial score (nSPS) is 21.6. The first-order valence-electron chi connectivity index (χ1n) is 14.7. The Bertz CT molecular complexity index is 1930. The smallest absolute Gasteiger partial charge is 0.341 e. The second kappa shape index (κ2) is 12.9. The van der Waals surface area contributed by atoms with E-state index in [1.807, 2.05) is 48.5 Å². The standard InChI is InChI=1S/C33H29N7O7/c34-24-27(36-17-37-28(24)40-33(43)38-21-9-2-1-3-10-21)39-30-26-25(23(45-30)16-44-29-22(31(41)42)11-6-14-35-29)46-32(47-26)20-13-12-18-7-4-5-8-19(18)15-20/h1-15,17,23,25-26,30,32H,16,34H2,(H,41,42)(H3,36,37,38,39,40,43). The maximum atomic E-state index is 12.6. The summed E-state index contributed by atoms with van der Waals surface area (Å²) < 4.78 is 24.9. The van der Waals surface area contributed by atoms with E-state index in [4.69, 9.17) is 24.7 Å². The number of para-hydroxylation sites is 1. The van der Waals surface area contributed by atoms with Crippen molar-refractivity contribution in [3.8, 4) is 5.88 Å². The summed E-state index contributed by atoms with van der Waals surface area (Å²) in [6.07, 6.45) is -0.847. The molecule has 47 heavy (non-hydrogen) atoms. The molecule has 0 radical (unpaired) electrons. The fraction of sp³-hybridized carbons (Fsp3) is 0.182. The minimum absolute atomic E-state index is 0.0499. The number of amides is 2. The van der Waals surface area contributed by atoms with Crippen molar-refractivity contribution in [2.24, 2.45) is 0 Å². The lowest BCUT2D eigenvalue weighted by Crippen LogP contribution is -2.35. The van der Waals surface area contributed by atoms with Crippen molar-refractivity contribution >= 4 is 45.8 Å². The van der Waals surface area contributed by atoms with Crippen molar-refractivity contribution in [2.45, 2.75) is 30.8 Å². The molecule has 3 aromatic carbocycles. The van der Waals surface area contributed by atoms with Gasteiger partial charge in [-0.25, -0.2) is 24.5 Å². The SMILES string of the molecule is Nc1c(NC(=O)Nc2ccccc2)ncnc1NC1OC(COc2ncccc2C(=O)O)C2OC(c3ccc4ccccc4c3)OC12. The molecule has 14 nitrogen and oxygen atoms in total. The van der Waals surface area contributed by atoms with Gasteiger partial charge in [0.2, 0.25) is 5.88 Å². The van der Waals surface area contributed by atoms with E-state index in [0.29, 0.717) is 5.69 Å². The van der Waals surface area contributed by atoms with Crippen LogP contribution in [0.5, 0.6) is 5.88 Å². The third kappa shape index (κ3) is 6.33. The van der Waals surface area contributed by atoms with Crippen LogP contribution in [0.4, 0.5) is 27.8 Å². The van der Waals surface area contributed by atoms with Crippen LogP contribution in [0.1, 0.15) is 22.2 Å². The minimum atomic E-state index is -1.17. The number of nitrogens with zero attached hydrogens (tertiary/aromatic N) is 3. The molecule has 0 bridgehead atoms. The molecule has 5 unspecified atom stereocenters. The number of anilines is 4. The predicted octanol–water partition coefficient (Wildman–Crippen LogP) is 4.65. The number of rotatable bonds is 9. The summed E-state index contributed by atoms with van der Waals surface area (Å²) in [5.41, 5.74) is 7.77. The fourth-order valence-electron chi connectivity index (χ4n) is 5.49. The first-order valence-corrected chi connectivity index (χ1v) is 14.7. The molecule has 2 aliphatic rings. The Morgan fingerprint density at radius 1 is 0.830 bits per heavy atom. The van der Waals surface area contributed by atoms with Gasteiger partial charge in [0, 0.05) is 17.4 Å². The van der Waals surface area contributed by atoms with E-state index in [0.717, 1.165) is 16.3 Å². The number of hydrogen-bond acceptors (Lipinski definition) is 11. The lowest BCUT2D eigenvalue weighted by molar-refractivity contribution is -0.132. The summed E-state index contributed by atoms with van der Waals surface area (Å²) in [6.45, 7) is -0.0871. The molecule has 2 aromatic heterocycles. The molecule has 0 aliphatic carbocycles. The number of ether oxygens (including phenoxy) is 4. The van der Waals surface area contributed by atoms with E-state index in [9.17, 15) is 14.7 Å². The summed E-state index contributed by atoms with van der Waals surface area (Å²) in [6, 6.07) is 25.2. The Kier molecular flexibility index (Phi) is 8.18. The van der Waals surface area contributed by atoms with Crippen LogP contribution in [0, 0.1) is 0 Å². The van der Waals surface area contributed by atoms with Gasteiger partial charge in [0.1, 0.15) is 42.5 Å². The molecule has 14 heteroatoms. The van der Waals surface area contributed by atoms with Crippen LogP contribution >= 0.6 is 0 Å².